The predicted molar refractivity (Wildman–Crippen MR) is 153 cm³/mol. The van der Waals surface area contributed by atoms with Gasteiger partial charge in [0, 0.05) is 6.66 Å². The van der Waals surface area contributed by atoms with Crippen LogP contribution in [0.3, 0.4) is 0 Å². The number of imidazole rings is 2. The first-order valence-electron chi connectivity index (χ1n) is 13.2. The maximum Gasteiger partial charge on any atom is 0.386 e. The monoisotopic (exact) mass is 690 g/mol. The van der Waals surface area contributed by atoms with Crippen molar-refractivity contribution in [1.29, 1.82) is 0 Å². The lowest BCUT2D eigenvalue weighted by Gasteiger charge is -2.26. The summed E-state index contributed by atoms with van der Waals surface area (Å²) in [5, 5.41) is 11.1. The number of nitrogens with one attached hydrogen (secondary N) is 1. The third-order valence-corrected chi connectivity index (χ3v) is 10.3. The molecule has 24 heteroatoms. The molecule has 3 saturated heterocycles. The molecule has 0 aliphatic carbocycles. The average Bonchev–Trinajstić information content (AvgIpc) is 3.72. The van der Waals surface area contributed by atoms with Gasteiger partial charge in [-0.2, -0.15) is 4.98 Å². The number of anilines is 2. The second kappa shape index (κ2) is 11.0. The Hall–Kier alpha value is -3.04. The first kappa shape index (κ1) is 30.6. The zero-order valence-corrected chi connectivity index (χ0v) is 25.6. The van der Waals surface area contributed by atoms with E-state index in [-0.39, 0.29) is 34.1 Å². The molecule has 3 fully saturated rings. The summed E-state index contributed by atoms with van der Waals surface area (Å²) in [5.41, 5.74) is 11.1. The minimum Gasteiger partial charge on any atom is -0.387 e. The molecule has 7 heterocycles. The minimum absolute atomic E-state index is 0.0366. The Bertz CT molecular complexity index is 1940. The molecule has 3 aliphatic heterocycles. The van der Waals surface area contributed by atoms with E-state index in [0.717, 1.165) is 6.66 Å². The summed E-state index contributed by atoms with van der Waals surface area (Å²) in [6, 6.07) is 0. The van der Waals surface area contributed by atoms with Gasteiger partial charge in [-0.1, -0.05) is 12.2 Å². The Balaban J connectivity index is 1.21. The molecule has 1 unspecified atom stereocenters. The van der Waals surface area contributed by atoms with Gasteiger partial charge in [0.25, 0.3) is 5.56 Å². The van der Waals surface area contributed by atoms with E-state index < -0.39 is 82.3 Å². The van der Waals surface area contributed by atoms with Gasteiger partial charge in [0.05, 0.1) is 25.9 Å². The molecule has 4 aromatic rings. The molecule has 0 radical (unpaired) electrons. The maximum absolute atomic E-state index is 16.0. The first-order valence-corrected chi connectivity index (χ1v) is 17.8. The van der Waals surface area contributed by atoms with Crippen LogP contribution in [0.5, 0.6) is 0 Å². The lowest BCUT2D eigenvalue weighted by molar-refractivity contribution is -0.0576. The van der Waals surface area contributed by atoms with Gasteiger partial charge < -0.3 is 30.6 Å². The summed E-state index contributed by atoms with van der Waals surface area (Å²) in [7, 11) is -4.10. The molecule has 20 nitrogen and oxygen atoms in total. The quantitative estimate of drug-likeness (QED) is 0.140. The van der Waals surface area contributed by atoms with Crippen molar-refractivity contribution in [3.63, 3.8) is 0 Å². The number of rotatable bonds is 2. The molecule has 0 spiro atoms. The highest BCUT2D eigenvalue weighted by Crippen LogP contribution is 2.58. The van der Waals surface area contributed by atoms with E-state index in [1.54, 1.807) is 0 Å². The summed E-state index contributed by atoms with van der Waals surface area (Å²) >= 11 is 4.06. The Labute approximate surface area is 255 Å². The number of ether oxygens (including phenoxy) is 2. The van der Waals surface area contributed by atoms with Crippen molar-refractivity contribution in [2.24, 2.45) is 0 Å². The normalized spacial score (nSPS) is 37.7. The number of alkyl halides is 1. The highest BCUT2D eigenvalue weighted by Gasteiger charge is 2.53. The molecule has 10 atom stereocenters. The molecule has 4 aromatic heterocycles. The number of fused-ring (bicyclic) bond motifs is 5. The van der Waals surface area contributed by atoms with E-state index in [2.05, 4.69) is 42.2 Å². The largest absolute Gasteiger partial charge is 0.387 e. The van der Waals surface area contributed by atoms with Crippen molar-refractivity contribution in [2.75, 3.05) is 31.3 Å². The van der Waals surface area contributed by atoms with E-state index in [0.29, 0.717) is 0 Å². The topological polar surface area (TPSA) is 269 Å². The zero-order chi connectivity index (χ0) is 31.8. The van der Waals surface area contributed by atoms with Gasteiger partial charge in [-0.3, -0.25) is 37.0 Å². The number of thiol groups is 1. The van der Waals surface area contributed by atoms with Gasteiger partial charge in [0.15, 0.2) is 41.3 Å². The summed E-state index contributed by atoms with van der Waals surface area (Å²) in [5.74, 6) is -0.171. The van der Waals surface area contributed by atoms with Crippen molar-refractivity contribution in [2.45, 2.75) is 49.1 Å². The van der Waals surface area contributed by atoms with Crippen molar-refractivity contribution in [1.82, 2.24) is 39.0 Å². The van der Waals surface area contributed by atoms with E-state index in [4.69, 9.17) is 39.0 Å². The molecule has 2 bridgehead atoms. The van der Waals surface area contributed by atoms with Gasteiger partial charge >= 0.3 is 14.4 Å². The predicted octanol–water partition coefficient (Wildman–Crippen LogP) is 0.296. The van der Waals surface area contributed by atoms with E-state index in [1.165, 1.54) is 28.1 Å². The van der Waals surface area contributed by atoms with Crippen molar-refractivity contribution in [3.05, 3.63) is 29.3 Å². The number of nitrogens with zero attached hydrogens (tertiary/aromatic N) is 7. The lowest BCUT2D eigenvalue weighted by Crippen LogP contribution is -2.35. The molecule has 45 heavy (non-hydrogen) atoms. The number of halogens is 1. The fourth-order valence-electron chi connectivity index (χ4n) is 5.37. The second-order valence-electron chi connectivity index (χ2n) is 10.4. The van der Waals surface area contributed by atoms with Gasteiger partial charge in [0.1, 0.15) is 42.4 Å². The third kappa shape index (κ3) is 5.43. The van der Waals surface area contributed by atoms with E-state index >= 15 is 4.39 Å². The number of aliphatic hydroxyl groups excluding tert-OH is 1. The number of hydrogen-bond acceptors (Lipinski definition) is 17. The van der Waals surface area contributed by atoms with Gasteiger partial charge in [-0.05, 0) is 0 Å². The number of aliphatic hydroxyl groups is 1. The first-order chi connectivity index (χ1) is 21.3. The maximum atomic E-state index is 16.0. The van der Waals surface area contributed by atoms with Gasteiger partial charge in [0.2, 0.25) is 5.95 Å². The Kier molecular flexibility index (Phi) is 7.51. The van der Waals surface area contributed by atoms with Crippen LogP contribution in [-0.2, 0) is 36.7 Å². The Morgan fingerprint density at radius 1 is 0.978 bits per heavy atom. The molecule has 242 valence electrons. The van der Waals surface area contributed by atoms with E-state index in [1.807, 2.05) is 0 Å². The van der Waals surface area contributed by atoms with Crippen LogP contribution in [0, 0.1) is 0 Å². The molecule has 0 saturated carbocycles. The highest BCUT2D eigenvalue weighted by atomic mass is 32.7. The van der Waals surface area contributed by atoms with E-state index in [9.17, 15) is 19.0 Å². The van der Waals surface area contributed by atoms with Crippen LogP contribution >= 0.6 is 26.6 Å². The molecular formula is C21H25FN10O10P2S. The summed E-state index contributed by atoms with van der Waals surface area (Å²) in [4.78, 5) is 34.8. The van der Waals surface area contributed by atoms with Crippen molar-refractivity contribution >= 4 is 60.7 Å². The fraction of sp³-hybridized carbons (Fsp3) is 0.524. The number of aromatic amines is 1. The summed E-state index contributed by atoms with van der Waals surface area (Å²) < 4.78 is 79.7. The fourth-order valence-corrected chi connectivity index (χ4v) is 8.00. The SMILES string of the molecule is CP1(=O)OC[C@H]2O[C@@H](n3cnc4c(=O)[nH]c(N)nc43)[C@H](O[P@@](=O)(S)OC[C@H]3O[C@@H](n4cnc5c(N)ncnc54)[C@H](F)[C@@H]3O1)[C@@H]2O. The highest BCUT2D eigenvalue weighted by molar-refractivity contribution is 8.44. The molecule has 0 amide bonds. The summed E-state index contributed by atoms with van der Waals surface area (Å²) in [6.45, 7) is -4.48. The smallest absolute Gasteiger partial charge is 0.386 e. The van der Waals surface area contributed by atoms with Crippen LogP contribution in [-0.4, -0.2) is 101 Å². The average molecular weight is 691 g/mol. The van der Waals surface area contributed by atoms with Crippen molar-refractivity contribution in [3.8, 4) is 0 Å². The molecule has 0 aromatic carbocycles. The van der Waals surface area contributed by atoms with Crippen LogP contribution in [0.4, 0.5) is 16.2 Å². The third-order valence-electron chi connectivity index (χ3n) is 7.41. The van der Waals surface area contributed by atoms with Crippen LogP contribution < -0.4 is 17.0 Å². The molecular weight excluding hydrogens is 665 g/mol. The minimum atomic E-state index is -4.40. The molecule has 6 N–H and O–H groups in total. The van der Waals surface area contributed by atoms with Crippen LogP contribution in [0.2, 0.25) is 0 Å². The standard InChI is InChI=1S/C21H25FN10O10P2S/c1-43(35)37-2-7-12(33)14(20(39-7)32-6-28-11-17(32)29-21(24)30-18(11)34)42-44(36,45)38-3-8-13(41-43)9(22)19(40-8)31-5-27-10-15(23)25-4-26-16(10)31/h4-9,12-14,19-20,33H,2-3H2,1H3,(H,36,45)(H2,23,25,26)(H3,24,29,30,34)/t7-,8-,9-,12-,13-,14-,19-,20-,43?,44+/m1/s1. The lowest BCUT2D eigenvalue weighted by atomic mass is 10.1. The number of nitrogen functional groups attached to an aromatic ring is 2. The Morgan fingerprint density at radius 2 is 1.67 bits per heavy atom. The van der Waals surface area contributed by atoms with Gasteiger partial charge in [-0.25, -0.2) is 28.9 Å². The van der Waals surface area contributed by atoms with Gasteiger partial charge in [-0.15, -0.1) is 0 Å². The van der Waals surface area contributed by atoms with Crippen LogP contribution in [0.25, 0.3) is 22.3 Å². The summed E-state index contributed by atoms with van der Waals surface area (Å²) in [6.07, 6.45) is -8.36. The molecule has 7 rings (SSSR count). The Morgan fingerprint density at radius 3 is 2.44 bits per heavy atom. The molecule has 3 aliphatic rings. The number of aromatic nitrogens is 8. The van der Waals surface area contributed by atoms with Crippen molar-refractivity contribution < 1.29 is 46.2 Å². The number of hydrogen-bond donors (Lipinski definition) is 5. The second-order valence-corrected chi connectivity index (χ2v) is 15.3. The van der Waals surface area contributed by atoms with Crippen LogP contribution in [0.1, 0.15) is 12.5 Å². The van der Waals surface area contributed by atoms with Crippen LogP contribution in [0.15, 0.2) is 23.8 Å². The number of nitrogens with two attached hydrogens (primary N) is 2. The number of H-pyrrole nitrogens is 1. The zero-order valence-electron chi connectivity index (χ0n) is 22.9.